The molecular formula is C16H29NO2. The summed E-state index contributed by atoms with van der Waals surface area (Å²) in [6, 6.07) is 0.891. The fourth-order valence-corrected chi connectivity index (χ4v) is 4.32. The van der Waals surface area contributed by atoms with E-state index in [4.69, 9.17) is 4.74 Å². The Balaban J connectivity index is 1.55. The smallest absolute Gasteiger partial charge is 0.0697 e. The first-order valence-corrected chi connectivity index (χ1v) is 8.36. The van der Waals surface area contributed by atoms with Crippen molar-refractivity contribution in [2.45, 2.75) is 94.4 Å². The highest BCUT2D eigenvalue weighted by Gasteiger charge is 2.39. The van der Waals surface area contributed by atoms with Crippen LogP contribution in [0.25, 0.3) is 0 Å². The molecule has 2 N–H and O–H groups in total. The van der Waals surface area contributed by atoms with Gasteiger partial charge in [0.25, 0.3) is 0 Å². The molecule has 0 aromatic heterocycles. The molecule has 3 nitrogen and oxygen atoms in total. The molecule has 3 atom stereocenters. The summed E-state index contributed by atoms with van der Waals surface area (Å²) in [6.07, 6.45) is 13.3. The van der Waals surface area contributed by atoms with Gasteiger partial charge in [0, 0.05) is 18.7 Å². The Labute approximate surface area is 117 Å². The molecule has 0 aromatic rings. The summed E-state index contributed by atoms with van der Waals surface area (Å²) in [5, 5.41) is 13.9. The largest absolute Gasteiger partial charge is 0.392 e. The molecule has 0 radical (unpaired) electrons. The molecule has 1 aliphatic heterocycles. The van der Waals surface area contributed by atoms with Crippen LogP contribution in [0.2, 0.25) is 0 Å². The van der Waals surface area contributed by atoms with Crippen LogP contribution in [0.5, 0.6) is 0 Å². The average molecular weight is 267 g/mol. The molecular weight excluding hydrogens is 238 g/mol. The van der Waals surface area contributed by atoms with E-state index in [1.165, 1.54) is 44.9 Å². The molecule has 0 bridgehead atoms. The van der Waals surface area contributed by atoms with Crippen molar-refractivity contribution in [3.05, 3.63) is 0 Å². The molecule has 1 spiro atoms. The third-order valence-electron chi connectivity index (χ3n) is 5.44. The number of hydrogen-bond donors (Lipinski definition) is 2. The zero-order chi connectivity index (χ0) is 13.1. The van der Waals surface area contributed by atoms with E-state index in [1.54, 1.807) is 0 Å². The van der Waals surface area contributed by atoms with Gasteiger partial charge in [0.15, 0.2) is 0 Å². The zero-order valence-electron chi connectivity index (χ0n) is 12.1. The van der Waals surface area contributed by atoms with Gasteiger partial charge in [-0.1, -0.05) is 32.1 Å². The van der Waals surface area contributed by atoms with Gasteiger partial charge in [-0.2, -0.15) is 0 Å². The van der Waals surface area contributed by atoms with E-state index >= 15 is 0 Å². The van der Waals surface area contributed by atoms with Gasteiger partial charge in [0.2, 0.25) is 0 Å². The molecule has 2 aliphatic carbocycles. The second-order valence-electron chi connectivity index (χ2n) is 6.91. The van der Waals surface area contributed by atoms with E-state index in [0.717, 1.165) is 32.3 Å². The van der Waals surface area contributed by atoms with Crippen molar-refractivity contribution in [3.8, 4) is 0 Å². The van der Waals surface area contributed by atoms with Gasteiger partial charge in [0.1, 0.15) is 0 Å². The highest BCUT2D eigenvalue weighted by molar-refractivity contribution is 4.94. The van der Waals surface area contributed by atoms with Crippen molar-refractivity contribution in [2.24, 2.45) is 0 Å². The van der Waals surface area contributed by atoms with Crippen LogP contribution >= 0.6 is 0 Å². The SMILES string of the molecule is OC1CCCCC1NC1CCOC2(CCCCC2)C1. The topological polar surface area (TPSA) is 41.5 Å². The van der Waals surface area contributed by atoms with Crippen LogP contribution in [0, 0.1) is 0 Å². The molecule has 3 unspecified atom stereocenters. The molecule has 0 aromatic carbocycles. The maximum atomic E-state index is 10.1. The Morgan fingerprint density at radius 2 is 1.74 bits per heavy atom. The number of aliphatic hydroxyl groups excluding tert-OH is 1. The van der Waals surface area contributed by atoms with Crippen molar-refractivity contribution in [1.82, 2.24) is 5.32 Å². The molecule has 3 fully saturated rings. The highest BCUT2D eigenvalue weighted by Crippen LogP contribution is 2.38. The van der Waals surface area contributed by atoms with Gasteiger partial charge < -0.3 is 15.2 Å². The minimum atomic E-state index is -0.126. The van der Waals surface area contributed by atoms with Crippen LogP contribution in [0.4, 0.5) is 0 Å². The molecule has 3 heteroatoms. The van der Waals surface area contributed by atoms with E-state index in [0.29, 0.717) is 12.1 Å². The Kier molecular flexibility index (Phi) is 4.45. The molecule has 1 saturated heterocycles. The van der Waals surface area contributed by atoms with Gasteiger partial charge in [-0.15, -0.1) is 0 Å². The standard InChI is InChI=1S/C16H29NO2/c18-15-7-3-2-6-14(15)17-13-8-11-19-16(12-13)9-4-1-5-10-16/h13-15,17-18H,1-12H2. The summed E-state index contributed by atoms with van der Waals surface area (Å²) in [4.78, 5) is 0. The Hall–Kier alpha value is -0.120. The average Bonchev–Trinajstić information content (AvgIpc) is 2.42. The van der Waals surface area contributed by atoms with Crippen LogP contribution in [0.1, 0.15) is 70.6 Å². The Morgan fingerprint density at radius 3 is 2.53 bits per heavy atom. The minimum absolute atomic E-state index is 0.126. The maximum Gasteiger partial charge on any atom is 0.0697 e. The number of ether oxygens (including phenoxy) is 1. The number of hydrogen-bond acceptors (Lipinski definition) is 3. The Bertz CT molecular complexity index is 283. The second kappa shape index (κ2) is 6.11. The van der Waals surface area contributed by atoms with E-state index in [-0.39, 0.29) is 11.7 Å². The summed E-state index contributed by atoms with van der Waals surface area (Å²) in [5.41, 5.74) is 0.174. The highest BCUT2D eigenvalue weighted by atomic mass is 16.5. The Morgan fingerprint density at radius 1 is 0.947 bits per heavy atom. The van der Waals surface area contributed by atoms with Crippen molar-refractivity contribution in [2.75, 3.05) is 6.61 Å². The maximum absolute atomic E-state index is 10.1. The van der Waals surface area contributed by atoms with Gasteiger partial charge in [-0.05, 0) is 38.5 Å². The third kappa shape index (κ3) is 3.32. The lowest BCUT2D eigenvalue weighted by molar-refractivity contribution is -0.111. The fourth-order valence-electron chi connectivity index (χ4n) is 4.32. The number of nitrogens with one attached hydrogen (secondary N) is 1. The molecule has 3 aliphatic rings. The summed E-state index contributed by atoms with van der Waals surface area (Å²) >= 11 is 0. The van der Waals surface area contributed by atoms with Crippen molar-refractivity contribution in [1.29, 1.82) is 0 Å². The predicted molar refractivity (Wildman–Crippen MR) is 76.2 cm³/mol. The lowest BCUT2D eigenvalue weighted by Crippen LogP contribution is -2.53. The van der Waals surface area contributed by atoms with Gasteiger partial charge in [0.05, 0.1) is 11.7 Å². The summed E-state index contributed by atoms with van der Waals surface area (Å²) in [6.45, 7) is 0.903. The van der Waals surface area contributed by atoms with Crippen LogP contribution in [0.15, 0.2) is 0 Å². The van der Waals surface area contributed by atoms with Crippen LogP contribution < -0.4 is 5.32 Å². The third-order valence-corrected chi connectivity index (χ3v) is 5.44. The molecule has 19 heavy (non-hydrogen) atoms. The number of aliphatic hydroxyl groups is 1. The summed E-state index contributed by atoms with van der Waals surface area (Å²) in [5.74, 6) is 0. The summed E-state index contributed by atoms with van der Waals surface area (Å²) < 4.78 is 6.15. The summed E-state index contributed by atoms with van der Waals surface area (Å²) in [7, 11) is 0. The van der Waals surface area contributed by atoms with Crippen molar-refractivity contribution >= 4 is 0 Å². The van der Waals surface area contributed by atoms with E-state index < -0.39 is 0 Å². The predicted octanol–water partition coefficient (Wildman–Crippen LogP) is 2.76. The number of rotatable bonds is 2. The van der Waals surface area contributed by atoms with Gasteiger partial charge >= 0.3 is 0 Å². The molecule has 110 valence electrons. The van der Waals surface area contributed by atoms with Crippen LogP contribution in [0.3, 0.4) is 0 Å². The monoisotopic (exact) mass is 267 g/mol. The van der Waals surface area contributed by atoms with E-state index in [2.05, 4.69) is 5.32 Å². The molecule has 2 saturated carbocycles. The fraction of sp³-hybridized carbons (Fsp3) is 1.00. The quantitative estimate of drug-likeness (QED) is 0.808. The molecule has 3 rings (SSSR count). The molecule has 1 heterocycles. The first-order chi connectivity index (χ1) is 9.27. The van der Waals surface area contributed by atoms with Crippen LogP contribution in [-0.2, 0) is 4.74 Å². The lowest BCUT2D eigenvalue weighted by atomic mass is 9.78. The van der Waals surface area contributed by atoms with E-state index in [9.17, 15) is 5.11 Å². The lowest BCUT2D eigenvalue weighted by Gasteiger charge is -2.45. The second-order valence-corrected chi connectivity index (χ2v) is 6.91. The minimum Gasteiger partial charge on any atom is -0.392 e. The first kappa shape index (κ1) is 13.8. The van der Waals surface area contributed by atoms with Gasteiger partial charge in [-0.3, -0.25) is 0 Å². The van der Waals surface area contributed by atoms with Crippen LogP contribution in [-0.4, -0.2) is 35.5 Å². The van der Waals surface area contributed by atoms with Gasteiger partial charge in [-0.25, -0.2) is 0 Å². The molecule has 0 amide bonds. The zero-order valence-corrected chi connectivity index (χ0v) is 12.1. The van der Waals surface area contributed by atoms with Crippen molar-refractivity contribution in [3.63, 3.8) is 0 Å². The van der Waals surface area contributed by atoms with Crippen molar-refractivity contribution < 1.29 is 9.84 Å². The normalized spacial score (nSPS) is 39.3. The first-order valence-electron chi connectivity index (χ1n) is 8.36. The van der Waals surface area contributed by atoms with E-state index in [1.807, 2.05) is 0 Å².